The summed E-state index contributed by atoms with van der Waals surface area (Å²) >= 11 is 0. The van der Waals surface area contributed by atoms with Crippen LogP contribution < -0.4 is 34.3 Å². The molecule has 0 unspecified atom stereocenters. The van der Waals surface area contributed by atoms with Crippen molar-refractivity contribution in [3.8, 4) is 5.75 Å². The molecule has 5 nitrogen and oxygen atoms in total. The quantitative estimate of drug-likeness (QED) is 0.371. The Morgan fingerprint density at radius 1 is 1.47 bits per heavy atom. The maximum Gasteiger partial charge on any atom is 1.00 e. The topological polar surface area (TPSA) is 80.7 Å². The van der Waals surface area contributed by atoms with Crippen molar-refractivity contribution in [1.82, 2.24) is 0 Å². The molecule has 0 spiro atoms. The van der Waals surface area contributed by atoms with E-state index in [1.807, 2.05) is 0 Å². The Morgan fingerprint density at radius 3 is 2.47 bits per heavy atom. The standard InChI is InChI=1S/C8H8O5S.Na.H/c1-13-7-3-2-6(5-9)4-8(7)14(10,11)12;;/h2-5H,1H3,(H,10,11,12);;/q;+1;-1. The van der Waals surface area contributed by atoms with Crippen LogP contribution in [-0.2, 0) is 10.1 Å². The summed E-state index contributed by atoms with van der Waals surface area (Å²) in [6, 6.07) is 3.73. The Hall–Kier alpha value is -0.400. The molecule has 0 heterocycles. The number of methoxy groups -OCH3 is 1. The van der Waals surface area contributed by atoms with Gasteiger partial charge in [0.2, 0.25) is 0 Å². The molecule has 0 aliphatic heterocycles. The van der Waals surface area contributed by atoms with E-state index in [2.05, 4.69) is 0 Å². The SMILES string of the molecule is COc1ccc(C=O)cc1S(=O)(=O)O.[H-].[Na+]. The first-order valence-electron chi connectivity index (χ1n) is 3.59. The summed E-state index contributed by atoms with van der Waals surface area (Å²) in [5.74, 6) is -0.00176. The summed E-state index contributed by atoms with van der Waals surface area (Å²) in [7, 11) is -3.09. The Balaban J connectivity index is 0. The predicted octanol–water partition coefficient (Wildman–Crippen LogP) is -2.13. The minimum Gasteiger partial charge on any atom is -1.00 e. The summed E-state index contributed by atoms with van der Waals surface area (Å²) in [4.78, 5) is 9.96. The van der Waals surface area contributed by atoms with Crippen LogP contribution in [0.25, 0.3) is 0 Å². The van der Waals surface area contributed by atoms with Crippen molar-refractivity contribution < 1.29 is 53.5 Å². The zero-order valence-corrected chi connectivity index (χ0v) is 11.1. The molecular weight excluding hydrogens is 231 g/mol. The number of benzene rings is 1. The van der Waals surface area contributed by atoms with Crippen molar-refractivity contribution in [3.63, 3.8) is 0 Å². The molecule has 0 amide bonds. The third-order valence-corrected chi connectivity index (χ3v) is 2.48. The van der Waals surface area contributed by atoms with Crippen LogP contribution in [0.1, 0.15) is 11.8 Å². The van der Waals surface area contributed by atoms with Crippen LogP contribution in [-0.4, -0.2) is 26.4 Å². The van der Waals surface area contributed by atoms with Crippen LogP contribution in [0.5, 0.6) is 5.75 Å². The number of ether oxygens (including phenoxy) is 1. The van der Waals surface area contributed by atoms with E-state index < -0.39 is 15.0 Å². The van der Waals surface area contributed by atoms with Gasteiger partial charge in [0, 0.05) is 5.56 Å². The fourth-order valence-corrected chi connectivity index (χ4v) is 1.66. The minimum atomic E-state index is -4.36. The first-order chi connectivity index (χ1) is 6.49. The second kappa shape index (κ2) is 5.62. The molecule has 15 heavy (non-hydrogen) atoms. The second-order valence-electron chi connectivity index (χ2n) is 2.50. The van der Waals surface area contributed by atoms with Crippen molar-refractivity contribution in [2.45, 2.75) is 4.90 Å². The van der Waals surface area contributed by atoms with Crippen LogP contribution in [0, 0.1) is 0 Å². The van der Waals surface area contributed by atoms with Gasteiger partial charge in [0.1, 0.15) is 16.9 Å². The van der Waals surface area contributed by atoms with Crippen LogP contribution in [0.3, 0.4) is 0 Å². The number of hydrogen-bond donors (Lipinski definition) is 1. The Kier molecular flexibility index (Phi) is 5.47. The summed E-state index contributed by atoms with van der Waals surface area (Å²) in [5.41, 5.74) is 0.151. The fraction of sp³-hybridized carbons (Fsp3) is 0.125. The van der Waals surface area contributed by atoms with Gasteiger partial charge in [-0.1, -0.05) is 0 Å². The van der Waals surface area contributed by atoms with Gasteiger partial charge in [0.05, 0.1) is 7.11 Å². The molecule has 78 valence electrons. The Morgan fingerprint density at radius 2 is 2.07 bits per heavy atom. The molecule has 0 aliphatic carbocycles. The van der Waals surface area contributed by atoms with E-state index in [0.29, 0.717) is 6.29 Å². The van der Waals surface area contributed by atoms with Crippen LogP contribution in [0.2, 0.25) is 0 Å². The van der Waals surface area contributed by atoms with E-state index in [1.54, 1.807) is 0 Å². The number of carbonyl (C=O) groups excluding carboxylic acids is 1. The molecule has 0 aliphatic rings. The first kappa shape index (κ1) is 14.6. The first-order valence-corrected chi connectivity index (χ1v) is 5.03. The van der Waals surface area contributed by atoms with Crippen LogP contribution in [0.15, 0.2) is 23.1 Å². The zero-order chi connectivity index (χ0) is 10.8. The zero-order valence-electron chi connectivity index (χ0n) is 9.30. The Bertz CT molecular complexity index is 459. The van der Waals surface area contributed by atoms with Crippen molar-refractivity contribution in [3.05, 3.63) is 23.8 Å². The van der Waals surface area contributed by atoms with Gasteiger partial charge in [-0.2, -0.15) is 8.42 Å². The molecule has 0 saturated heterocycles. The monoisotopic (exact) mass is 240 g/mol. The number of hydrogen-bond acceptors (Lipinski definition) is 4. The fourth-order valence-electron chi connectivity index (χ4n) is 0.968. The molecule has 1 N–H and O–H groups in total. The minimum absolute atomic E-state index is 0. The van der Waals surface area contributed by atoms with Crippen molar-refractivity contribution in [2.75, 3.05) is 7.11 Å². The summed E-state index contributed by atoms with van der Waals surface area (Å²) < 4.78 is 35.2. The normalized spacial score (nSPS) is 10.3. The molecular formula is C8H9NaO5S. The maximum atomic E-state index is 10.8. The van der Waals surface area contributed by atoms with Gasteiger partial charge in [-0.15, -0.1) is 0 Å². The van der Waals surface area contributed by atoms with E-state index >= 15 is 0 Å². The van der Waals surface area contributed by atoms with Gasteiger partial charge in [-0.05, 0) is 18.2 Å². The van der Waals surface area contributed by atoms with Gasteiger partial charge < -0.3 is 6.16 Å². The third kappa shape index (κ3) is 3.58. The van der Waals surface area contributed by atoms with E-state index in [1.165, 1.54) is 19.2 Å². The molecule has 0 saturated carbocycles. The summed E-state index contributed by atoms with van der Waals surface area (Å²) in [6.45, 7) is 0. The average Bonchev–Trinajstić information content (AvgIpc) is 2.15. The molecule has 0 radical (unpaired) electrons. The second-order valence-corrected chi connectivity index (χ2v) is 3.89. The van der Waals surface area contributed by atoms with E-state index in [9.17, 15) is 13.2 Å². The van der Waals surface area contributed by atoms with Crippen molar-refractivity contribution in [1.29, 1.82) is 0 Å². The smallest absolute Gasteiger partial charge is 1.00 e. The van der Waals surface area contributed by atoms with E-state index in [0.717, 1.165) is 6.07 Å². The molecule has 0 fully saturated rings. The van der Waals surface area contributed by atoms with Gasteiger partial charge in [-0.25, -0.2) is 0 Å². The van der Waals surface area contributed by atoms with Gasteiger partial charge >= 0.3 is 29.6 Å². The van der Waals surface area contributed by atoms with Crippen LogP contribution >= 0.6 is 0 Å². The molecule has 0 atom stereocenters. The largest absolute Gasteiger partial charge is 1.00 e. The summed E-state index contributed by atoms with van der Waals surface area (Å²) in [6.07, 6.45) is 0.480. The average molecular weight is 240 g/mol. The molecule has 1 aromatic rings. The van der Waals surface area contributed by atoms with E-state index in [-0.39, 0.29) is 42.3 Å². The maximum absolute atomic E-state index is 10.8. The van der Waals surface area contributed by atoms with E-state index in [4.69, 9.17) is 9.29 Å². The molecule has 0 aromatic heterocycles. The van der Waals surface area contributed by atoms with Crippen molar-refractivity contribution in [2.24, 2.45) is 0 Å². The third-order valence-electron chi connectivity index (χ3n) is 1.60. The molecule has 1 aromatic carbocycles. The Labute approximate surface area is 111 Å². The van der Waals surface area contributed by atoms with Gasteiger partial charge in [-0.3, -0.25) is 9.35 Å². The molecule has 1 rings (SSSR count). The number of rotatable bonds is 3. The molecule has 7 heteroatoms. The number of aldehydes is 1. The van der Waals surface area contributed by atoms with Crippen molar-refractivity contribution >= 4 is 16.4 Å². The predicted molar refractivity (Wildman–Crippen MR) is 49.3 cm³/mol. The number of carbonyl (C=O) groups is 1. The summed E-state index contributed by atoms with van der Waals surface area (Å²) in [5, 5.41) is 0. The van der Waals surface area contributed by atoms with Gasteiger partial charge in [0.15, 0.2) is 0 Å². The molecule has 0 bridgehead atoms. The van der Waals surface area contributed by atoms with Crippen LogP contribution in [0.4, 0.5) is 0 Å². The van der Waals surface area contributed by atoms with Gasteiger partial charge in [0.25, 0.3) is 10.1 Å².